The van der Waals surface area contributed by atoms with Crippen LogP contribution in [-0.4, -0.2) is 42.5 Å². The standard InChI is InChI=1S/C17H18O6/c1-7-11-8(2)13-15(14(21-11)12(7)22-13)23-17(20)10-6-4-3-5-9(10)16(18)19/h3-8,11-15H,1-2H3,(H,18,19)/p-1/t7-,8+,11?,12+,13-,14-,15-/m1/s1. The number of esters is 1. The van der Waals surface area contributed by atoms with Crippen LogP contribution in [0.3, 0.4) is 0 Å². The van der Waals surface area contributed by atoms with Crippen molar-refractivity contribution in [1.29, 1.82) is 0 Å². The Labute approximate surface area is 133 Å². The summed E-state index contributed by atoms with van der Waals surface area (Å²) in [5, 5.41) is 11.1. The summed E-state index contributed by atoms with van der Waals surface area (Å²) in [5.41, 5.74) is -0.182. The number of carboxylic acid groups (broad SMARTS) is 1. The van der Waals surface area contributed by atoms with Crippen LogP contribution < -0.4 is 5.11 Å². The highest BCUT2D eigenvalue weighted by Crippen LogP contribution is 2.50. The molecule has 4 heterocycles. The van der Waals surface area contributed by atoms with E-state index < -0.39 is 18.0 Å². The maximum absolute atomic E-state index is 12.4. The van der Waals surface area contributed by atoms with Crippen LogP contribution in [-0.2, 0) is 14.2 Å². The van der Waals surface area contributed by atoms with Gasteiger partial charge in [0.05, 0.1) is 23.7 Å². The number of rotatable bonds is 3. The molecule has 5 rings (SSSR count). The lowest BCUT2D eigenvalue weighted by atomic mass is 9.87. The Bertz CT molecular complexity index is 667. The molecule has 0 radical (unpaired) electrons. The molecule has 0 amide bonds. The van der Waals surface area contributed by atoms with Crippen LogP contribution in [0, 0.1) is 11.8 Å². The van der Waals surface area contributed by atoms with Crippen LogP contribution in [0.15, 0.2) is 24.3 Å². The third kappa shape index (κ3) is 2.01. The third-order valence-electron chi connectivity index (χ3n) is 5.28. The monoisotopic (exact) mass is 317 g/mol. The molecule has 6 heteroatoms. The van der Waals surface area contributed by atoms with E-state index >= 15 is 0 Å². The van der Waals surface area contributed by atoms with Gasteiger partial charge in [-0.3, -0.25) is 0 Å². The smallest absolute Gasteiger partial charge is 0.339 e. The van der Waals surface area contributed by atoms with Crippen molar-refractivity contribution in [3.05, 3.63) is 35.4 Å². The first-order chi connectivity index (χ1) is 11.0. The summed E-state index contributed by atoms with van der Waals surface area (Å²) in [6, 6.07) is 5.88. The molecule has 23 heavy (non-hydrogen) atoms. The van der Waals surface area contributed by atoms with Crippen LogP contribution in [0.5, 0.6) is 0 Å². The SMILES string of the molecule is C[C@@H]1C2O[C@H]3[C@H](OC(=O)c4ccccc4C(=O)[O-])[C@H](O[C@H]31)[C@H]2C. The Kier molecular flexibility index (Phi) is 3.21. The molecule has 4 aliphatic heterocycles. The van der Waals surface area contributed by atoms with E-state index in [1.165, 1.54) is 18.2 Å². The lowest BCUT2D eigenvalue weighted by Gasteiger charge is -2.38. The summed E-state index contributed by atoms with van der Waals surface area (Å²) in [5.74, 6) is -1.68. The fourth-order valence-corrected chi connectivity index (χ4v) is 4.15. The maximum atomic E-state index is 12.4. The van der Waals surface area contributed by atoms with E-state index in [1.807, 2.05) is 6.92 Å². The zero-order chi connectivity index (χ0) is 16.3. The topological polar surface area (TPSA) is 84.9 Å². The van der Waals surface area contributed by atoms with Crippen molar-refractivity contribution < 1.29 is 28.9 Å². The second-order valence-corrected chi connectivity index (χ2v) is 6.55. The number of ether oxygens (including phenoxy) is 3. The number of carbonyl (C=O) groups is 2. The van der Waals surface area contributed by atoms with Gasteiger partial charge >= 0.3 is 5.97 Å². The summed E-state index contributed by atoms with van der Waals surface area (Å²) in [6.07, 6.45) is -0.891. The quantitative estimate of drug-likeness (QED) is 0.750. The number of hydrogen-bond acceptors (Lipinski definition) is 6. The lowest BCUT2D eigenvalue weighted by molar-refractivity contribution is -0.255. The Balaban J connectivity index is 1.58. The second-order valence-electron chi connectivity index (χ2n) is 6.55. The second kappa shape index (κ2) is 5.04. The van der Waals surface area contributed by atoms with Gasteiger partial charge in [-0.15, -0.1) is 0 Å². The van der Waals surface area contributed by atoms with Crippen molar-refractivity contribution in [2.45, 2.75) is 44.4 Å². The minimum atomic E-state index is -1.40. The number of benzene rings is 1. The normalized spacial score (nSPS) is 40.3. The van der Waals surface area contributed by atoms with Crippen LogP contribution in [0.1, 0.15) is 34.6 Å². The van der Waals surface area contributed by atoms with Crippen molar-refractivity contribution >= 4 is 11.9 Å². The molecule has 4 aliphatic rings. The molecule has 1 aromatic rings. The van der Waals surface area contributed by atoms with E-state index in [9.17, 15) is 14.7 Å². The predicted molar refractivity (Wildman–Crippen MR) is 75.6 cm³/mol. The van der Waals surface area contributed by atoms with Gasteiger partial charge in [0.25, 0.3) is 0 Å². The molecule has 0 aliphatic carbocycles. The van der Waals surface area contributed by atoms with Crippen molar-refractivity contribution in [2.75, 3.05) is 0 Å². The molecule has 1 aromatic carbocycles. The number of carbonyl (C=O) groups excluding carboxylic acids is 2. The van der Waals surface area contributed by atoms with Gasteiger partial charge in [-0.05, 0) is 6.07 Å². The van der Waals surface area contributed by atoms with Crippen LogP contribution in [0.25, 0.3) is 0 Å². The van der Waals surface area contributed by atoms with Gasteiger partial charge < -0.3 is 24.1 Å². The highest BCUT2D eigenvalue weighted by molar-refractivity contribution is 6.01. The van der Waals surface area contributed by atoms with Gasteiger partial charge in [0.15, 0.2) is 6.10 Å². The number of hydrogen-bond donors (Lipinski definition) is 0. The van der Waals surface area contributed by atoms with Crippen LogP contribution >= 0.6 is 0 Å². The van der Waals surface area contributed by atoms with E-state index in [-0.39, 0.29) is 47.4 Å². The average Bonchev–Trinajstić information content (AvgIpc) is 2.96. The van der Waals surface area contributed by atoms with E-state index in [1.54, 1.807) is 6.07 Å². The van der Waals surface area contributed by atoms with Gasteiger partial charge in [-0.25, -0.2) is 4.79 Å². The van der Waals surface area contributed by atoms with Crippen LogP contribution in [0.2, 0.25) is 0 Å². The molecule has 4 bridgehead atoms. The third-order valence-corrected chi connectivity index (χ3v) is 5.28. The summed E-state index contributed by atoms with van der Waals surface area (Å²) in [4.78, 5) is 23.6. The highest BCUT2D eigenvalue weighted by atomic mass is 16.6. The summed E-state index contributed by atoms with van der Waals surface area (Å²) < 4.78 is 17.5. The number of carboxylic acids is 1. The van der Waals surface area contributed by atoms with E-state index in [0.29, 0.717) is 0 Å². The fraction of sp³-hybridized carbons (Fsp3) is 0.529. The number of aromatic carboxylic acids is 1. The molecule has 0 saturated carbocycles. The van der Waals surface area contributed by atoms with Crippen molar-refractivity contribution in [2.24, 2.45) is 11.8 Å². The first-order valence-electron chi connectivity index (χ1n) is 7.81. The molecular formula is C17H17O6-. The van der Waals surface area contributed by atoms with Gasteiger partial charge in [0.2, 0.25) is 0 Å². The Morgan fingerprint density at radius 1 is 0.957 bits per heavy atom. The van der Waals surface area contributed by atoms with Crippen molar-refractivity contribution in [3.8, 4) is 0 Å². The maximum Gasteiger partial charge on any atom is 0.339 e. The van der Waals surface area contributed by atoms with Gasteiger partial charge in [0, 0.05) is 17.4 Å². The zero-order valence-electron chi connectivity index (χ0n) is 12.8. The molecule has 122 valence electrons. The summed E-state index contributed by atoms with van der Waals surface area (Å²) >= 11 is 0. The predicted octanol–water partition coefficient (Wildman–Crippen LogP) is 0.396. The summed E-state index contributed by atoms with van der Waals surface area (Å²) in [6.45, 7) is 4.11. The van der Waals surface area contributed by atoms with Crippen molar-refractivity contribution in [1.82, 2.24) is 0 Å². The molecule has 4 fully saturated rings. The molecule has 4 saturated heterocycles. The largest absolute Gasteiger partial charge is 0.545 e. The minimum absolute atomic E-state index is 0.00878. The van der Waals surface area contributed by atoms with Gasteiger partial charge in [-0.2, -0.15) is 0 Å². The average molecular weight is 317 g/mol. The lowest BCUT2D eigenvalue weighted by Crippen LogP contribution is -2.49. The van der Waals surface area contributed by atoms with E-state index in [0.717, 1.165) is 0 Å². The Morgan fingerprint density at radius 2 is 1.57 bits per heavy atom. The molecule has 7 atom stereocenters. The highest BCUT2D eigenvalue weighted by Gasteiger charge is 2.65. The fourth-order valence-electron chi connectivity index (χ4n) is 4.15. The zero-order valence-corrected chi connectivity index (χ0v) is 12.8. The molecular weight excluding hydrogens is 300 g/mol. The Hall–Kier alpha value is -1.92. The van der Waals surface area contributed by atoms with E-state index in [2.05, 4.69) is 6.92 Å². The Morgan fingerprint density at radius 3 is 2.26 bits per heavy atom. The van der Waals surface area contributed by atoms with Gasteiger partial charge in [0.1, 0.15) is 12.2 Å². The molecule has 6 nitrogen and oxygen atoms in total. The molecule has 0 N–H and O–H groups in total. The molecule has 0 spiro atoms. The molecule has 0 aromatic heterocycles. The first-order valence-corrected chi connectivity index (χ1v) is 7.81. The van der Waals surface area contributed by atoms with Gasteiger partial charge in [-0.1, -0.05) is 32.0 Å². The van der Waals surface area contributed by atoms with E-state index in [4.69, 9.17) is 14.2 Å². The minimum Gasteiger partial charge on any atom is -0.545 e. The van der Waals surface area contributed by atoms with Crippen LogP contribution in [0.4, 0.5) is 0 Å². The summed E-state index contributed by atoms with van der Waals surface area (Å²) in [7, 11) is 0. The first kappa shape index (κ1) is 14.7. The van der Waals surface area contributed by atoms with Crippen molar-refractivity contribution in [3.63, 3.8) is 0 Å². The molecule has 1 unspecified atom stereocenters.